The summed E-state index contributed by atoms with van der Waals surface area (Å²) in [5.41, 5.74) is 2.93. The van der Waals surface area contributed by atoms with E-state index in [1.807, 2.05) is 25.1 Å². The SMILES string of the molecule is CNCC(O)c1cccc(OC(=O)C(C)c2ccc(CC(C)C)cc2)c1. The minimum absolute atomic E-state index is 0.304. The number of rotatable bonds is 8. The first kappa shape index (κ1) is 20.1. The molecular formula is C22H29NO3. The van der Waals surface area contributed by atoms with Crippen molar-refractivity contribution in [2.75, 3.05) is 13.6 Å². The molecule has 0 fully saturated rings. The first-order valence-electron chi connectivity index (χ1n) is 9.13. The first-order chi connectivity index (χ1) is 12.4. The Morgan fingerprint density at radius 3 is 2.38 bits per heavy atom. The molecule has 4 heteroatoms. The van der Waals surface area contributed by atoms with Crippen LogP contribution in [0.4, 0.5) is 0 Å². The van der Waals surface area contributed by atoms with Crippen LogP contribution in [0.3, 0.4) is 0 Å². The Morgan fingerprint density at radius 1 is 1.08 bits per heavy atom. The summed E-state index contributed by atoms with van der Waals surface area (Å²) >= 11 is 0. The van der Waals surface area contributed by atoms with E-state index >= 15 is 0 Å². The number of esters is 1. The van der Waals surface area contributed by atoms with Gasteiger partial charge < -0.3 is 15.2 Å². The van der Waals surface area contributed by atoms with Gasteiger partial charge in [0.2, 0.25) is 0 Å². The molecule has 2 atom stereocenters. The summed E-state index contributed by atoms with van der Waals surface area (Å²) < 4.78 is 5.52. The number of aliphatic hydroxyl groups is 1. The Labute approximate surface area is 156 Å². The molecule has 2 aromatic carbocycles. The number of benzene rings is 2. The summed E-state index contributed by atoms with van der Waals surface area (Å²) in [7, 11) is 1.78. The number of aliphatic hydroxyl groups excluding tert-OH is 1. The number of hydrogen-bond acceptors (Lipinski definition) is 4. The van der Waals surface area contributed by atoms with Gasteiger partial charge in [0.15, 0.2) is 0 Å². The zero-order valence-electron chi connectivity index (χ0n) is 16.0. The second-order valence-electron chi connectivity index (χ2n) is 7.13. The topological polar surface area (TPSA) is 58.6 Å². The maximum absolute atomic E-state index is 12.5. The van der Waals surface area contributed by atoms with Gasteiger partial charge in [0.05, 0.1) is 12.0 Å². The Morgan fingerprint density at radius 2 is 1.77 bits per heavy atom. The second kappa shape index (κ2) is 9.51. The Bertz CT molecular complexity index is 710. The van der Waals surface area contributed by atoms with Gasteiger partial charge in [-0.25, -0.2) is 0 Å². The molecule has 140 valence electrons. The maximum Gasteiger partial charge on any atom is 0.318 e. The molecule has 2 N–H and O–H groups in total. The molecule has 0 aliphatic rings. The van der Waals surface area contributed by atoms with Crippen LogP contribution in [0.25, 0.3) is 0 Å². The molecule has 0 spiro atoms. The summed E-state index contributed by atoms with van der Waals surface area (Å²) in [5.74, 6) is 0.399. The first-order valence-corrected chi connectivity index (χ1v) is 9.13. The molecule has 2 aromatic rings. The molecule has 0 saturated carbocycles. The number of nitrogens with one attached hydrogen (secondary N) is 1. The van der Waals surface area contributed by atoms with Crippen molar-refractivity contribution in [3.8, 4) is 5.75 Å². The van der Waals surface area contributed by atoms with Gasteiger partial charge in [0.25, 0.3) is 0 Å². The lowest BCUT2D eigenvalue weighted by Crippen LogP contribution is -2.18. The van der Waals surface area contributed by atoms with Crippen molar-refractivity contribution in [2.24, 2.45) is 5.92 Å². The summed E-state index contributed by atoms with van der Waals surface area (Å²) in [6.07, 6.45) is 0.394. The van der Waals surface area contributed by atoms with Gasteiger partial charge in [0, 0.05) is 6.54 Å². The minimum atomic E-state index is -0.635. The Balaban J connectivity index is 2.03. The highest BCUT2D eigenvalue weighted by atomic mass is 16.5. The van der Waals surface area contributed by atoms with Crippen molar-refractivity contribution in [3.05, 3.63) is 65.2 Å². The molecule has 2 unspecified atom stereocenters. The van der Waals surface area contributed by atoms with Crippen molar-refractivity contribution in [1.82, 2.24) is 5.32 Å². The molecular weight excluding hydrogens is 326 g/mol. The molecule has 0 aliphatic heterocycles. The van der Waals surface area contributed by atoms with Gasteiger partial charge in [-0.3, -0.25) is 4.79 Å². The Hall–Kier alpha value is -2.17. The van der Waals surface area contributed by atoms with Crippen LogP contribution in [0, 0.1) is 5.92 Å². The largest absolute Gasteiger partial charge is 0.426 e. The van der Waals surface area contributed by atoms with Crippen LogP contribution in [0.5, 0.6) is 5.75 Å². The lowest BCUT2D eigenvalue weighted by molar-refractivity contribution is -0.135. The highest BCUT2D eigenvalue weighted by Crippen LogP contribution is 2.23. The number of carbonyl (C=O) groups is 1. The highest BCUT2D eigenvalue weighted by molar-refractivity contribution is 5.80. The third kappa shape index (κ3) is 5.68. The summed E-state index contributed by atoms with van der Waals surface area (Å²) in [6.45, 7) is 6.67. The number of ether oxygens (including phenoxy) is 1. The normalized spacial score (nSPS) is 13.5. The van der Waals surface area contributed by atoms with E-state index in [0.717, 1.165) is 17.5 Å². The molecule has 0 saturated heterocycles. The Kier molecular flexibility index (Phi) is 7.37. The van der Waals surface area contributed by atoms with E-state index in [2.05, 4.69) is 31.3 Å². The lowest BCUT2D eigenvalue weighted by atomic mass is 9.97. The molecule has 0 heterocycles. The van der Waals surface area contributed by atoms with Crippen LogP contribution in [0.2, 0.25) is 0 Å². The van der Waals surface area contributed by atoms with Crippen LogP contribution in [-0.4, -0.2) is 24.7 Å². The standard InChI is InChI=1S/C22H29NO3/c1-15(2)12-17-8-10-18(11-9-17)16(3)22(25)26-20-7-5-6-19(13-20)21(24)14-23-4/h5-11,13,15-16,21,23-24H,12,14H2,1-4H3. The molecule has 0 amide bonds. The molecule has 0 aromatic heterocycles. The summed E-state index contributed by atoms with van der Waals surface area (Å²) in [5, 5.41) is 13.0. The average molecular weight is 355 g/mol. The van der Waals surface area contributed by atoms with E-state index in [4.69, 9.17) is 4.74 Å². The highest BCUT2D eigenvalue weighted by Gasteiger charge is 2.18. The predicted octanol–water partition coefficient (Wildman–Crippen LogP) is 3.85. The van der Waals surface area contributed by atoms with E-state index in [0.29, 0.717) is 18.2 Å². The maximum atomic E-state index is 12.5. The summed E-state index contributed by atoms with van der Waals surface area (Å²) in [4.78, 5) is 12.5. The molecule has 0 radical (unpaired) electrons. The van der Waals surface area contributed by atoms with Crippen molar-refractivity contribution >= 4 is 5.97 Å². The number of hydrogen-bond donors (Lipinski definition) is 2. The zero-order chi connectivity index (χ0) is 19.1. The van der Waals surface area contributed by atoms with Gasteiger partial charge in [0.1, 0.15) is 5.75 Å². The number of carbonyl (C=O) groups excluding carboxylic acids is 1. The average Bonchev–Trinajstić information content (AvgIpc) is 2.61. The van der Waals surface area contributed by atoms with E-state index in [1.165, 1.54) is 5.56 Å². The smallest absolute Gasteiger partial charge is 0.318 e. The van der Waals surface area contributed by atoms with E-state index < -0.39 is 6.10 Å². The molecule has 2 rings (SSSR count). The quantitative estimate of drug-likeness (QED) is 0.558. The van der Waals surface area contributed by atoms with E-state index in [9.17, 15) is 9.90 Å². The van der Waals surface area contributed by atoms with Crippen LogP contribution in [0.1, 0.15) is 49.5 Å². The van der Waals surface area contributed by atoms with Gasteiger partial charge in [-0.2, -0.15) is 0 Å². The van der Waals surface area contributed by atoms with Crippen molar-refractivity contribution in [2.45, 2.75) is 39.2 Å². The van der Waals surface area contributed by atoms with Gasteiger partial charge in [-0.05, 0) is 55.1 Å². The zero-order valence-corrected chi connectivity index (χ0v) is 16.0. The molecule has 0 aliphatic carbocycles. The van der Waals surface area contributed by atoms with Crippen LogP contribution < -0.4 is 10.1 Å². The van der Waals surface area contributed by atoms with Crippen LogP contribution in [0.15, 0.2) is 48.5 Å². The van der Waals surface area contributed by atoms with E-state index in [1.54, 1.807) is 25.2 Å². The van der Waals surface area contributed by atoms with Gasteiger partial charge in [-0.15, -0.1) is 0 Å². The van der Waals surface area contributed by atoms with Crippen LogP contribution in [-0.2, 0) is 11.2 Å². The van der Waals surface area contributed by atoms with E-state index in [-0.39, 0.29) is 11.9 Å². The fraction of sp³-hybridized carbons (Fsp3) is 0.409. The minimum Gasteiger partial charge on any atom is -0.426 e. The van der Waals surface area contributed by atoms with Gasteiger partial charge in [-0.1, -0.05) is 50.2 Å². The summed E-state index contributed by atoms with van der Waals surface area (Å²) in [6, 6.07) is 15.2. The van der Waals surface area contributed by atoms with Crippen molar-refractivity contribution < 1.29 is 14.6 Å². The fourth-order valence-corrected chi connectivity index (χ4v) is 2.85. The van der Waals surface area contributed by atoms with Crippen molar-refractivity contribution in [1.29, 1.82) is 0 Å². The predicted molar refractivity (Wildman–Crippen MR) is 104 cm³/mol. The molecule has 0 bridgehead atoms. The molecule has 26 heavy (non-hydrogen) atoms. The number of likely N-dealkylation sites (N-methyl/N-ethyl adjacent to an activating group) is 1. The monoisotopic (exact) mass is 355 g/mol. The third-order valence-corrected chi connectivity index (χ3v) is 4.34. The second-order valence-corrected chi connectivity index (χ2v) is 7.13. The third-order valence-electron chi connectivity index (χ3n) is 4.34. The van der Waals surface area contributed by atoms with Gasteiger partial charge >= 0.3 is 5.97 Å². The van der Waals surface area contributed by atoms with Crippen LogP contribution >= 0.6 is 0 Å². The lowest BCUT2D eigenvalue weighted by Gasteiger charge is -2.15. The fourth-order valence-electron chi connectivity index (χ4n) is 2.85. The van der Waals surface area contributed by atoms with Crippen molar-refractivity contribution in [3.63, 3.8) is 0 Å². The molecule has 4 nitrogen and oxygen atoms in total.